The average Bonchev–Trinajstić information content (AvgIpc) is 2.85. The van der Waals surface area contributed by atoms with Crippen LogP contribution in [0, 0.1) is 0 Å². The summed E-state index contributed by atoms with van der Waals surface area (Å²) in [4.78, 5) is 11.2. The third-order valence-electron chi connectivity index (χ3n) is 2.61. The minimum Gasteiger partial charge on any atom is -0.495 e. The summed E-state index contributed by atoms with van der Waals surface area (Å²) in [5.74, 6) is -1.27. The fourth-order valence-corrected chi connectivity index (χ4v) is 2.37. The van der Waals surface area contributed by atoms with Gasteiger partial charge in [0.25, 0.3) is 5.91 Å². The Kier molecular flexibility index (Phi) is 3.90. The van der Waals surface area contributed by atoms with Crippen molar-refractivity contribution in [1.29, 1.82) is 0 Å². The number of H-pyrrole nitrogens is 1. The largest absolute Gasteiger partial charge is 0.495 e. The summed E-state index contributed by atoms with van der Waals surface area (Å²) in [7, 11) is 1.12. The highest BCUT2D eigenvalue weighted by Gasteiger charge is 2.36. The molecule has 0 unspecified atom stereocenters. The molecule has 3 N–H and O–H groups in total. The third kappa shape index (κ3) is 2.84. The van der Waals surface area contributed by atoms with Gasteiger partial charge in [0.2, 0.25) is 0 Å². The van der Waals surface area contributed by atoms with Crippen LogP contribution in [0.2, 0.25) is 0 Å². The number of amides is 1. The third-order valence-corrected chi connectivity index (χ3v) is 3.20. The smallest absolute Gasteiger partial charge is 0.420 e. The van der Waals surface area contributed by atoms with Gasteiger partial charge in [-0.05, 0) is 28.1 Å². The van der Waals surface area contributed by atoms with E-state index >= 15 is 0 Å². The Hall–Kier alpha value is -2.10. The maximum absolute atomic E-state index is 13.1. The molecule has 0 spiro atoms. The van der Waals surface area contributed by atoms with E-state index in [9.17, 15) is 18.0 Å². The van der Waals surface area contributed by atoms with E-state index in [0.717, 1.165) is 13.2 Å². The first-order valence-corrected chi connectivity index (χ1v) is 6.20. The van der Waals surface area contributed by atoms with E-state index in [0.29, 0.717) is 0 Å². The minimum atomic E-state index is -4.64. The van der Waals surface area contributed by atoms with Gasteiger partial charge in [0.05, 0.1) is 17.1 Å². The first-order chi connectivity index (χ1) is 9.75. The maximum Gasteiger partial charge on any atom is 0.420 e. The second kappa shape index (κ2) is 5.35. The van der Waals surface area contributed by atoms with Gasteiger partial charge >= 0.3 is 6.18 Å². The Morgan fingerprint density at radius 3 is 2.57 bits per heavy atom. The van der Waals surface area contributed by atoms with Crippen LogP contribution < -0.4 is 10.5 Å². The number of halogens is 4. The molecule has 0 bridgehead atoms. The molecular weight excluding hydrogens is 357 g/mol. The Morgan fingerprint density at radius 1 is 1.38 bits per heavy atom. The number of benzene rings is 1. The topological polar surface area (TPSA) is 93.9 Å². The number of hydrogen-bond acceptors (Lipinski definition) is 4. The number of primary amides is 1. The molecule has 1 aromatic heterocycles. The van der Waals surface area contributed by atoms with Gasteiger partial charge in [-0.15, -0.1) is 0 Å². The van der Waals surface area contributed by atoms with Crippen LogP contribution in [0.1, 0.15) is 16.1 Å². The zero-order valence-corrected chi connectivity index (χ0v) is 12.0. The lowest BCUT2D eigenvalue weighted by Crippen LogP contribution is -2.13. The fourth-order valence-electron chi connectivity index (χ4n) is 1.75. The predicted octanol–water partition coefficient (Wildman–Crippen LogP) is 2.36. The Morgan fingerprint density at radius 2 is 2.05 bits per heavy atom. The zero-order valence-electron chi connectivity index (χ0n) is 10.5. The number of nitrogens with zero attached hydrogens (tertiary/aromatic N) is 2. The number of carbonyl (C=O) groups is 1. The molecule has 0 radical (unpaired) electrons. The maximum atomic E-state index is 13.1. The van der Waals surface area contributed by atoms with Crippen LogP contribution in [0.5, 0.6) is 5.75 Å². The van der Waals surface area contributed by atoms with Gasteiger partial charge in [0.15, 0.2) is 5.69 Å². The summed E-state index contributed by atoms with van der Waals surface area (Å²) >= 11 is 3.00. The summed E-state index contributed by atoms with van der Waals surface area (Å²) in [6.45, 7) is 0. The molecule has 1 aromatic carbocycles. The monoisotopic (exact) mass is 364 g/mol. The molecule has 0 aliphatic carbocycles. The van der Waals surface area contributed by atoms with Gasteiger partial charge in [-0.3, -0.25) is 4.79 Å². The van der Waals surface area contributed by atoms with Crippen LogP contribution in [-0.4, -0.2) is 28.4 Å². The highest BCUT2D eigenvalue weighted by Crippen LogP contribution is 2.43. The predicted molar refractivity (Wildman–Crippen MR) is 69.6 cm³/mol. The van der Waals surface area contributed by atoms with Crippen molar-refractivity contribution in [3.63, 3.8) is 0 Å². The second-order valence-corrected chi connectivity index (χ2v) is 4.78. The molecule has 2 aromatic rings. The lowest BCUT2D eigenvalue weighted by Gasteiger charge is -2.14. The number of methoxy groups -OCH3 is 1. The fraction of sp³-hybridized carbons (Fsp3) is 0.182. The van der Waals surface area contributed by atoms with Gasteiger partial charge in [0.1, 0.15) is 11.4 Å². The van der Waals surface area contributed by atoms with E-state index in [1.54, 1.807) is 0 Å². The second-order valence-electron chi connectivity index (χ2n) is 3.92. The van der Waals surface area contributed by atoms with Crippen molar-refractivity contribution < 1.29 is 22.7 Å². The molecule has 1 amide bonds. The van der Waals surface area contributed by atoms with Crippen LogP contribution in [0.15, 0.2) is 16.6 Å². The first-order valence-electron chi connectivity index (χ1n) is 5.41. The standard InChI is InChI=1S/C11H8BrF3N4O2/c1-21-9-5(11(13,14)15)2-4(3-6(9)12)7-8(10(16)20)18-19-17-7/h2-3H,1H3,(H2,16,20)(H,17,18,19). The summed E-state index contributed by atoms with van der Waals surface area (Å²) in [5.41, 5.74) is 3.79. The van der Waals surface area contributed by atoms with Crippen LogP contribution in [0.3, 0.4) is 0 Å². The molecule has 0 saturated heterocycles. The zero-order chi connectivity index (χ0) is 15.8. The van der Waals surface area contributed by atoms with Crippen molar-refractivity contribution in [3.05, 3.63) is 27.9 Å². The number of nitrogens with one attached hydrogen (secondary N) is 1. The molecule has 21 heavy (non-hydrogen) atoms. The number of carbonyl (C=O) groups excluding carboxylic acids is 1. The van der Waals surface area contributed by atoms with Crippen molar-refractivity contribution in [2.75, 3.05) is 7.11 Å². The summed E-state index contributed by atoms with van der Waals surface area (Å²) < 4.78 is 44.0. The van der Waals surface area contributed by atoms with E-state index in [1.807, 2.05) is 0 Å². The van der Waals surface area contributed by atoms with Gasteiger partial charge < -0.3 is 10.5 Å². The number of aromatic amines is 1. The van der Waals surface area contributed by atoms with E-state index < -0.39 is 17.6 Å². The van der Waals surface area contributed by atoms with Crippen molar-refractivity contribution in [2.24, 2.45) is 5.73 Å². The van der Waals surface area contributed by atoms with Gasteiger partial charge in [0, 0.05) is 5.56 Å². The van der Waals surface area contributed by atoms with E-state index in [4.69, 9.17) is 10.5 Å². The van der Waals surface area contributed by atoms with Crippen molar-refractivity contribution in [1.82, 2.24) is 15.4 Å². The molecular formula is C11H8BrF3N4O2. The van der Waals surface area contributed by atoms with Gasteiger partial charge in [-0.1, -0.05) is 0 Å². The van der Waals surface area contributed by atoms with Crippen molar-refractivity contribution in [3.8, 4) is 17.0 Å². The molecule has 0 aliphatic heterocycles. The quantitative estimate of drug-likeness (QED) is 0.873. The highest BCUT2D eigenvalue weighted by molar-refractivity contribution is 9.10. The van der Waals surface area contributed by atoms with Gasteiger partial charge in [-0.25, -0.2) is 0 Å². The Labute approximate surface area is 124 Å². The molecule has 0 fully saturated rings. The molecule has 0 aliphatic rings. The first kappa shape index (κ1) is 15.3. The highest BCUT2D eigenvalue weighted by atomic mass is 79.9. The molecule has 1 heterocycles. The summed E-state index contributed by atoms with van der Waals surface area (Å²) in [6, 6.07) is 2.15. The van der Waals surface area contributed by atoms with Crippen molar-refractivity contribution >= 4 is 21.8 Å². The van der Waals surface area contributed by atoms with Crippen LogP contribution in [0.4, 0.5) is 13.2 Å². The summed E-state index contributed by atoms with van der Waals surface area (Å²) in [6.07, 6.45) is -4.64. The number of rotatable bonds is 3. The van der Waals surface area contributed by atoms with Crippen LogP contribution in [-0.2, 0) is 6.18 Å². The van der Waals surface area contributed by atoms with Crippen LogP contribution in [0.25, 0.3) is 11.3 Å². The van der Waals surface area contributed by atoms with Crippen molar-refractivity contribution in [2.45, 2.75) is 6.18 Å². The molecule has 10 heteroatoms. The molecule has 112 valence electrons. The number of nitrogens with two attached hydrogens (primary N) is 1. The lowest BCUT2D eigenvalue weighted by atomic mass is 10.0. The number of hydrogen-bond donors (Lipinski definition) is 2. The Bertz CT molecular complexity index is 699. The Balaban J connectivity index is 2.69. The average molecular weight is 365 g/mol. The molecule has 0 saturated carbocycles. The normalized spacial score (nSPS) is 11.5. The number of ether oxygens (including phenoxy) is 1. The molecule has 2 rings (SSSR count). The molecule has 6 nitrogen and oxygen atoms in total. The number of alkyl halides is 3. The number of aromatic nitrogens is 3. The van der Waals surface area contributed by atoms with Crippen LogP contribution >= 0.6 is 15.9 Å². The SMILES string of the molecule is COc1c(Br)cc(-c2n[nH]nc2C(N)=O)cc1C(F)(F)F. The van der Waals surface area contributed by atoms with Gasteiger partial charge in [-0.2, -0.15) is 28.6 Å². The summed E-state index contributed by atoms with van der Waals surface area (Å²) in [5, 5.41) is 9.34. The van der Waals surface area contributed by atoms with E-state index in [1.165, 1.54) is 6.07 Å². The van der Waals surface area contributed by atoms with E-state index in [-0.39, 0.29) is 27.2 Å². The molecule has 0 atom stereocenters. The lowest BCUT2D eigenvalue weighted by molar-refractivity contribution is -0.138. The minimum absolute atomic E-state index is 0.0255. The van der Waals surface area contributed by atoms with E-state index in [2.05, 4.69) is 31.3 Å².